The van der Waals surface area contributed by atoms with Crippen molar-refractivity contribution in [3.63, 3.8) is 0 Å². The summed E-state index contributed by atoms with van der Waals surface area (Å²) >= 11 is 0. The first-order valence-corrected chi connectivity index (χ1v) is 6.79. The summed E-state index contributed by atoms with van der Waals surface area (Å²) in [6.07, 6.45) is 0.897. The molecule has 6 nitrogen and oxygen atoms in total. The summed E-state index contributed by atoms with van der Waals surface area (Å²) in [5.41, 5.74) is 0. The zero-order valence-corrected chi connectivity index (χ0v) is 11.6. The van der Waals surface area contributed by atoms with Crippen LogP contribution in [0, 0.1) is 11.8 Å². The highest BCUT2D eigenvalue weighted by atomic mass is 16.5. The van der Waals surface area contributed by atoms with E-state index in [2.05, 4.69) is 10.6 Å². The van der Waals surface area contributed by atoms with Crippen LogP contribution in [0.4, 0.5) is 0 Å². The fourth-order valence-corrected chi connectivity index (χ4v) is 2.12. The van der Waals surface area contributed by atoms with Crippen LogP contribution in [0.5, 0.6) is 0 Å². The van der Waals surface area contributed by atoms with Crippen molar-refractivity contribution in [1.82, 2.24) is 10.6 Å². The van der Waals surface area contributed by atoms with Crippen LogP contribution in [-0.2, 0) is 14.3 Å². The fourth-order valence-electron chi connectivity index (χ4n) is 2.12. The van der Waals surface area contributed by atoms with Crippen LogP contribution in [0.1, 0.15) is 26.7 Å². The minimum Gasteiger partial charge on any atom is -0.481 e. The molecule has 6 heteroatoms. The summed E-state index contributed by atoms with van der Waals surface area (Å²) in [5, 5.41) is 15.0. The quantitative estimate of drug-likeness (QED) is 0.617. The van der Waals surface area contributed by atoms with Crippen LogP contribution in [0.25, 0.3) is 0 Å². The van der Waals surface area contributed by atoms with Crippen molar-refractivity contribution in [3.05, 3.63) is 0 Å². The highest BCUT2D eigenvalue weighted by molar-refractivity contribution is 5.77. The Balaban J connectivity index is 2.28. The predicted molar refractivity (Wildman–Crippen MR) is 70.8 cm³/mol. The SMILES string of the molecule is CC(C)CC(CNC(=O)CC1COCCN1)C(=O)O. The molecule has 19 heavy (non-hydrogen) atoms. The van der Waals surface area contributed by atoms with E-state index in [1.807, 2.05) is 13.8 Å². The van der Waals surface area contributed by atoms with Gasteiger partial charge in [0.2, 0.25) is 5.91 Å². The van der Waals surface area contributed by atoms with Crippen molar-refractivity contribution in [2.45, 2.75) is 32.7 Å². The third kappa shape index (κ3) is 6.54. The summed E-state index contributed by atoms with van der Waals surface area (Å²) < 4.78 is 5.26. The molecule has 1 saturated heterocycles. The van der Waals surface area contributed by atoms with E-state index < -0.39 is 11.9 Å². The van der Waals surface area contributed by atoms with Gasteiger partial charge in [0.05, 0.1) is 19.1 Å². The van der Waals surface area contributed by atoms with E-state index in [4.69, 9.17) is 9.84 Å². The molecular weight excluding hydrogens is 248 g/mol. The lowest BCUT2D eigenvalue weighted by molar-refractivity contribution is -0.142. The molecule has 0 aliphatic carbocycles. The van der Waals surface area contributed by atoms with Crippen LogP contribution >= 0.6 is 0 Å². The Morgan fingerprint density at radius 2 is 2.21 bits per heavy atom. The van der Waals surface area contributed by atoms with Crippen LogP contribution in [0.2, 0.25) is 0 Å². The van der Waals surface area contributed by atoms with Crippen LogP contribution < -0.4 is 10.6 Å². The molecule has 110 valence electrons. The van der Waals surface area contributed by atoms with E-state index >= 15 is 0 Å². The maximum absolute atomic E-state index is 11.7. The van der Waals surface area contributed by atoms with Crippen molar-refractivity contribution in [2.75, 3.05) is 26.3 Å². The van der Waals surface area contributed by atoms with Crippen molar-refractivity contribution < 1.29 is 19.4 Å². The largest absolute Gasteiger partial charge is 0.481 e. The van der Waals surface area contributed by atoms with Crippen molar-refractivity contribution in [1.29, 1.82) is 0 Å². The first kappa shape index (κ1) is 15.9. The second kappa shape index (κ2) is 8.12. The molecule has 0 saturated carbocycles. The minimum absolute atomic E-state index is 0.0297. The van der Waals surface area contributed by atoms with Gasteiger partial charge in [0.25, 0.3) is 0 Å². The van der Waals surface area contributed by atoms with Gasteiger partial charge in [-0.15, -0.1) is 0 Å². The third-order valence-electron chi connectivity index (χ3n) is 3.08. The Hall–Kier alpha value is -1.14. The van der Waals surface area contributed by atoms with Crippen LogP contribution in [-0.4, -0.2) is 49.3 Å². The average molecular weight is 272 g/mol. The van der Waals surface area contributed by atoms with Crippen LogP contribution in [0.3, 0.4) is 0 Å². The number of amides is 1. The van der Waals surface area contributed by atoms with E-state index in [0.717, 1.165) is 6.54 Å². The highest BCUT2D eigenvalue weighted by Gasteiger charge is 2.21. The first-order valence-electron chi connectivity index (χ1n) is 6.79. The van der Waals surface area contributed by atoms with Gasteiger partial charge in [-0.3, -0.25) is 9.59 Å². The Morgan fingerprint density at radius 1 is 1.47 bits per heavy atom. The lowest BCUT2D eigenvalue weighted by Crippen LogP contribution is -2.45. The Morgan fingerprint density at radius 3 is 2.74 bits per heavy atom. The zero-order valence-electron chi connectivity index (χ0n) is 11.6. The van der Waals surface area contributed by atoms with Crippen molar-refractivity contribution >= 4 is 11.9 Å². The normalized spacial score (nSPS) is 21.1. The van der Waals surface area contributed by atoms with Crippen molar-refractivity contribution in [3.8, 4) is 0 Å². The third-order valence-corrected chi connectivity index (χ3v) is 3.08. The van der Waals surface area contributed by atoms with E-state index in [1.54, 1.807) is 0 Å². The molecule has 1 rings (SSSR count). The molecule has 0 radical (unpaired) electrons. The molecule has 1 amide bonds. The molecule has 3 N–H and O–H groups in total. The Labute approximate surface area is 113 Å². The number of ether oxygens (including phenoxy) is 1. The molecule has 1 aliphatic heterocycles. The van der Waals surface area contributed by atoms with Gasteiger partial charge < -0.3 is 20.5 Å². The Kier molecular flexibility index (Phi) is 6.80. The van der Waals surface area contributed by atoms with E-state index in [0.29, 0.717) is 32.0 Å². The monoisotopic (exact) mass is 272 g/mol. The molecule has 0 aromatic rings. The van der Waals surface area contributed by atoms with Crippen molar-refractivity contribution in [2.24, 2.45) is 11.8 Å². The number of nitrogens with one attached hydrogen (secondary N) is 2. The summed E-state index contributed by atoms with van der Waals surface area (Å²) in [6, 6.07) is 0.0297. The molecule has 0 aromatic carbocycles. The second-order valence-electron chi connectivity index (χ2n) is 5.40. The molecule has 0 spiro atoms. The molecule has 2 atom stereocenters. The molecule has 1 heterocycles. The second-order valence-corrected chi connectivity index (χ2v) is 5.40. The lowest BCUT2D eigenvalue weighted by Gasteiger charge is -2.23. The standard InChI is InChI=1S/C13H24N2O4/c1-9(2)5-10(13(17)18)7-15-12(16)6-11-8-19-4-3-14-11/h9-11,14H,3-8H2,1-2H3,(H,15,16)(H,17,18). The topological polar surface area (TPSA) is 87.7 Å². The zero-order chi connectivity index (χ0) is 14.3. The lowest BCUT2D eigenvalue weighted by atomic mass is 9.97. The molecule has 2 unspecified atom stereocenters. The summed E-state index contributed by atoms with van der Waals surface area (Å²) in [5.74, 6) is -1.20. The number of carboxylic acid groups (broad SMARTS) is 1. The molecule has 0 bridgehead atoms. The maximum Gasteiger partial charge on any atom is 0.308 e. The van der Waals surface area contributed by atoms with Gasteiger partial charge in [-0.25, -0.2) is 0 Å². The smallest absolute Gasteiger partial charge is 0.308 e. The number of aliphatic carboxylic acids is 1. The van der Waals surface area contributed by atoms with Gasteiger partial charge in [-0.2, -0.15) is 0 Å². The number of hydrogen-bond acceptors (Lipinski definition) is 4. The summed E-state index contributed by atoms with van der Waals surface area (Å²) in [6.45, 7) is 6.10. The van der Waals surface area contributed by atoms with Gasteiger partial charge in [0, 0.05) is 25.6 Å². The summed E-state index contributed by atoms with van der Waals surface area (Å²) in [4.78, 5) is 22.8. The first-order chi connectivity index (χ1) is 8.99. The van der Waals surface area contributed by atoms with Gasteiger partial charge in [-0.05, 0) is 12.3 Å². The van der Waals surface area contributed by atoms with Gasteiger partial charge in [0.15, 0.2) is 0 Å². The number of morpholine rings is 1. The Bertz CT molecular complexity index is 301. The molecule has 0 aromatic heterocycles. The van der Waals surface area contributed by atoms with E-state index in [1.165, 1.54) is 0 Å². The number of carboxylic acids is 1. The molecule has 1 fully saturated rings. The van der Waals surface area contributed by atoms with Gasteiger partial charge in [0.1, 0.15) is 0 Å². The molecule has 1 aliphatic rings. The maximum atomic E-state index is 11.7. The van der Waals surface area contributed by atoms with Gasteiger partial charge in [-0.1, -0.05) is 13.8 Å². The highest BCUT2D eigenvalue weighted by Crippen LogP contribution is 2.11. The predicted octanol–water partition coefficient (Wildman–Crippen LogP) is 0.228. The summed E-state index contributed by atoms with van der Waals surface area (Å²) in [7, 11) is 0. The van der Waals surface area contributed by atoms with Gasteiger partial charge >= 0.3 is 5.97 Å². The number of rotatable bonds is 7. The number of carbonyl (C=O) groups excluding carboxylic acids is 1. The minimum atomic E-state index is -0.854. The molecular formula is C13H24N2O4. The fraction of sp³-hybridized carbons (Fsp3) is 0.846. The number of hydrogen-bond donors (Lipinski definition) is 3. The average Bonchev–Trinajstić information content (AvgIpc) is 2.35. The van der Waals surface area contributed by atoms with Crippen LogP contribution in [0.15, 0.2) is 0 Å². The van der Waals surface area contributed by atoms with E-state index in [9.17, 15) is 9.59 Å². The number of carbonyl (C=O) groups is 2. The van der Waals surface area contributed by atoms with E-state index in [-0.39, 0.29) is 18.5 Å².